The monoisotopic (exact) mass is 353 g/mol. The fourth-order valence-electron chi connectivity index (χ4n) is 2.44. The highest BCUT2D eigenvalue weighted by atomic mass is 32.1. The molecule has 1 heterocycles. The number of aromatic nitrogens is 1. The standard InChI is InChI=1S/C19H19N3O2S/c1-3-12-6-4-8-14(10-12)21-19-22-18(20)17(25-19)16(23)13-7-5-9-15(11-13)24-2/h4-11H,3,20H2,1-2H3,(H,21,22). The zero-order valence-electron chi connectivity index (χ0n) is 14.1. The number of methoxy groups -OCH3 is 1. The van der Waals surface area contributed by atoms with Crippen LogP contribution in [0.4, 0.5) is 16.6 Å². The Bertz CT molecular complexity index is 905. The molecule has 0 radical (unpaired) electrons. The number of carbonyl (C=O) groups is 1. The summed E-state index contributed by atoms with van der Waals surface area (Å²) in [7, 11) is 1.57. The van der Waals surface area contributed by atoms with E-state index in [1.165, 1.54) is 16.9 Å². The number of ketones is 1. The normalized spacial score (nSPS) is 10.5. The number of thiazole rings is 1. The van der Waals surface area contributed by atoms with E-state index in [0.29, 0.717) is 21.3 Å². The molecule has 0 aliphatic rings. The summed E-state index contributed by atoms with van der Waals surface area (Å²) in [5, 5.41) is 3.81. The molecule has 0 atom stereocenters. The van der Waals surface area contributed by atoms with Gasteiger partial charge in [0.05, 0.1) is 7.11 Å². The maximum Gasteiger partial charge on any atom is 0.206 e. The van der Waals surface area contributed by atoms with Crippen LogP contribution in [-0.2, 0) is 6.42 Å². The van der Waals surface area contributed by atoms with Crippen molar-refractivity contribution in [1.29, 1.82) is 0 Å². The first-order valence-electron chi connectivity index (χ1n) is 7.91. The van der Waals surface area contributed by atoms with Gasteiger partial charge in [-0.15, -0.1) is 0 Å². The van der Waals surface area contributed by atoms with Crippen molar-refractivity contribution in [3.63, 3.8) is 0 Å². The fourth-order valence-corrected chi connectivity index (χ4v) is 3.30. The Morgan fingerprint density at radius 3 is 2.80 bits per heavy atom. The van der Waals surface area contributed by atoms with Gasteiger partial charge in [-0.05, 0) is 36.2 Å². The summed E-state index contributed by atoms with van der Waals surface area (Å²) in [4.78, 5) is 17.4. The quantitative estimate of drug-likeness (QED) is 0.647. The second kappa shape index (κ2) is 7.36. The van der Waals surface area contributed by atoms with Crippen LogP contribution in [0.25, 0.3) is 0 Å². The van der Waals surface area contributed by atoms with Crippen LogP contribution in [0.15, 0.2) is 48.5 Å². The van der Waals surface area contributed by atoms with Crippen LogP contribution in [0.3, 0.4) is 0 Å². The minimum Gasteiger partial charge on any atom is -0.497 e. The topological polar surface area (TPSA) is 77.2 Å². The van der Waals surface area contributed by atoms with Crippen molar-refractivity contribution < 1.29 is 9.53 Å². The largest absolute Gasteiger partial charge is 0.497 e. The zero-order chi connectivity index (χ0) is 17.8. The molecule has 0 spiro atoms. The van der Waals surface area contributed by atoms with Crippen LogP contribution >= 0.6 is 11.3 Å². The number of rotatable bonds is 6. The number of carbonyl (C=O) groups excluding carboxylic acids is 1. The Morgan fingerprint density at radius 2 is 2.04 bits per heavy atom. The van der Waals surface area contributed by atoms with Gasteiger partial charge in [0, 0.05) is 11.3 Å². The summed E-state index contributed by atoms with van der Waals surface area (Å²) in [5.41, 5.74) is 8.64. The summed E-state index contributed by atoms with van der Waals surface area (Å²) in [6.07, 6.45) is 0.953. The first kappa shape index (κ1) is 17.0. The van der Waals surface area contributed by atoms with E-state index in [2.05, 4.69) is 29.4 Å². The van der Waals surface area contributed by atoms with Gasteiger partial charge < -0.3 is 15.8 Å². The average Bonchev–Trinajstić information content (AvgIpc) is 3.01. The first-order chi connectivity index (χ1) is 12.1. The molecule has 0 unspecified atom stereocenters. The third-order valence-corrected chi connectivity index (χ3v) is 4.76. The zero-order valence-corrected chi connectivity index (χ0v) is 14.9. The number of hydrogen-bond donors (Lipinski definition) is 2. The summed E-state index contributed by atoms with van der Waals surface area (Å²) in [5.74, 6) is 0.694. The Morgan fingerprint density at radius 1 is 1.24 bits per heavy atom. The number of nitrogens with zero attached hydrogens (tertiary/aromatic N) is 1. The van der Waals surface area contributed by atoms with Crippen LogP contribution in [0, 0.1) is 0 Å². The predicted molar refractivity (Wildman–Crippen MR) is 102 cm³/mol. The molecule has 128 valence electrons. The lowest BCUT2D eigenvalue weighted by atomic mass is 10.1. The van der Waals surface area contributed by atoms with Crippen molar-refractivity contribution in [1.82, 2.24) is 4.98 Å². The van der Waals surface area contributed by atoms with Crippen molar-refractivity contribution >= 4 is 33.8 Å². The molecule has 3 rings (SSSR count). The smallest absolute Gasteiger partial charge is 0.206 e. The second-order valence-electron chi connectivity index (χ2n) is 5.47. The Kier molecular flexibility index (Phi) is 5.00. The van der Waals surface area contributed by atoms with Gasteiger partial charge in [0.1, 0.15) is 16.4 Å². The molecular formula is C19H19N3O2S. The number of hydrogen-bond acceptors (Lipinski definition) is 6. The van der Waals surface area contributed by atoms with E-state index in [-0.39, 0.29) is 11.6 Å². The van der Waals surface area contributed by atoms with Crippen LogP contribution < -0.4 is 15.8 Å². The number of benzene rings is 2. The van der Waals surface area contributed by atoms with E-state index in [1.54, 1.807) is 31.4 Å². The van der Waals surface area contributed by atoms with E-state index >= 15 is 0 Å². The van der Waals surface area contributed by atoms with Crippen LogP contribution in [0.5, 0.6) is 5.75 Å². The lowest BCUT2D eigenvalue weighted by Gasteiger charge is -2.04. The molecule has 3 N–H and O–H groups in total. The van der Waals surface area contributed by atoms with Gasteiger partial charge in [-0.1, -0.05) is 42.5 Å². The highest BCUT2D eigenvalue weighted by Gasteiger charge is 2.18. The number of nitrogen functional groups attached to an aromatic ring is 1. The molecule has 0 saturated carbocycles. The van der Waals surface area contributed by atoms with Crippen molar-refractivity contribution in [3.05, 3.63) is 64.5 Å². The van der Waals surface area contributed by atoms with E-state index < -0.39 is 0 Å². The number of aryl methyl sites for hydroxylation is 1. The lowest BCUT2D eigenvalue weighted by Crippen LogP contribution is -2.02. The summed E-state index contributed by atoms with van der Waals surface area (Å²) in [6.45, 7) is 2.10. The van der Waals surface area contributed by atoms with Gasteiger partial charge in [-0.25, -0.2) is 4.98 Å². The van der Waals surface area contributed by atoms with Gasteiger partial charge in [-0.3, -0.25) is 4.79 Å². The minimum absolute atomic E-state index is 0.163. The van der Waals surface area contributed by atoms with Crippen molar-refractivity contribution in [2.75, 3.05) is 18.2 Å². The second-order valence-corrected chi connectivity index (χ2v) is 6.47. The molecule has 3 aromatic rings. The van der Waals surface area contributed by atoms with E-state index in [4.69, 9.17) is 10.5 Å². The molecule has 0 saturated heterocycles. The van der Waals surface area contributed by atoms with E-state index in [0.717, 1.165) is 12.1 Å². The van der Waals surface area contributed by atoms with Crippen molar-refractivity contribution in [2.24, 2.45) is 0 Å². The number of nitrogens with two attached hydrogens (primary N) is 1. The third-order valence-electron chi connectivity index (χ3n) is 3.78. The Balaban J connectivity index is 1.85. The molecule has 1 aromatic heterocycles. The van der Waals surface area contributed by atoms with Crippen LogP contribution in [-0.4, -0.2) is 17.9 Å². The van der Waals surface area contributed by atoms with Gasteiger partial charge in [0.25, 0.3) is 0 Å². The molecular weight excluding hydrogens is 334 g/mol. The SMILES string of the molecule is CCc1cccc(Nc2nc(N)c(C(=O)c3cccc(OC)c3)s2)c1. The molecule has 0 bridgehead atoms. The summed E-state index contributed by atoms with van der Waals surface area (Å²) < 4.78 is 5.17. The highest BCUT2D eigenvalue weighted by Crippen LogP contribution is 2.30. The number of anilines is 3. The van der Waals surface area contributed by atoms with E-state index in [9.17, 15) is 4.79 Å². The van der Waals surface area contributed by atoms with Crippen molar-refractivity contribution in [3.8, 4) is 5.75 Å². The lowest BCUT2D eigenvalue weighted by molar-refractivity contribution is 0.104. The van der Waals surface area contributed by atoms with E-state index in [1.807, 2.05) is 12.1 Å². The Labute approximate surface area is 150 Å². The van der Waals surface area contributed by atoms with Gasteiger partial charge >= 0.3 is 0 Å². The Hall–Kier alpha value is -2.86. The number of nitrogens with one attached hydrogen (secondary N) is 1. The molecule has 0 amide bonds. The minimum atomic E-state index is -0.163. The van der Waals surface area contributed by atoms with Crippen LogP contribution in [0.1, 0.15) is 27.7 Å². The molecule has 0 aliphatic heterocycles. The van der Waals surface area contributed by atoms with Gasteiger partial charge in [0.15, 0.2) is 5.13 Å². The number of ether oxygens (including phenoxy) is 1. The van der Waals surface area contributed by atoms with Crippen LogP contribution in [0.2, 0.25) is 0 Å². The molecule has 0 fully saturated rings. The molecule has 25 heavy (non-hydrogen) atoms. The maximum atomic E-state index is 12.7. The maximum absolute atomic E-state index is 12.7. The fraction of sp³-hybridized carbons (Fsp3) is 0.158. The molecule has 6 heteroatoms. The van der Waals surface area contributed by atoms with Gasteiger partial charge in [-0.2, -0.15) is 0 Å². The third kappa shape index (κ3) is 3.80. The summed E-state index contributed by atoms with van der Waals surface area (Å²) in [6, 6.07) is 15.1. The summed E-state index contributed by atoms with van der Waals surface area (Å²) >= 11 is 1.25. The first-order valence-corrected chi connectivity index (χ1v) is 8.73. The predicted octanol–water partition coefficient (Wildman–Crippen LogP) is 4.27. The van der Waals surface area contributed by atoms with Gasteiger partial charge in [0.2, 0.25) is 5.78 Å². The highest BCUT2D eigenvalue weighted by molar-refractivity contribution is 7.18. The molecule has 2 aromatic carbocycles. The molecule has 5 nitrogen and oxygen atoms in total. The molecule has 0 aliphatic carbocycles. The van der Waals surface area contributed by atoms with Crippen molar-refractivity contribution in [2.45, 2.75) is 13.3 Å². The average molecular weight is 353 g/mol.